The first-order valence-corrected chi connectivity index (χ1v) is 6.67. The molecule has 4 nitrogen and oxygen atoms in total. The number of aryl methyl sites for hydroxylation is 1. The van der Waals surface area contributed by atoms with Crippen molar-refractivity contribution in [2.75, 3.05) is 5.75 Å². The Morgan fingerprint density at radius 3 is 2.88 bits per heavy atom. The molecule has 0 amide bonds. The number of nitrogens with zero attached hydrogens (tertiary/aromatic N) is 2. The highest BCUT2D eigenvalue weighted by Gasteiger charge is 2.12. The smallest absolute Gasteiger partial charge is 0.307 e. The summed E-state index contributed by atoms with van der Waals surface area (Å²) in [6.45, 7) is 2.03. The number of hydrogen-bond acceptors (Lipinski definition) is 4. The molecule has 1 atom stereocenters. The van der Waals surface area contributed by atoms with E-state index in [1.54, 1.807) is 0 Å². The Kier molecular flexibility index (Phi) is 5.96. The highest BCUT2D eigenvalue weighted by Crippen LogP contribution is 2.10. The summed E-state index contributed by atoms with van der Waals surface area (Å²) in [5.74, 6) is 0.509. The first-order valence-electron chi connectivity index (χ1n) is 5.35. The minimum absolute atomic E-state index is 0.0174. The normalized spacial score (nSPS) is 12.4. The lowest BCUT2D eigenvalue weighted by molar-refractivity contribution is 0.402. The van der Waals surface area contributed by atoms with E-state index >= 15 is 0 Å². The molecule has 0 N–H and O–H groups in total. The minimum atomic E-state index is -1.77. The summed E-state index contributed by atoms with van der Waals surface area (Å²) in [7, 11) is -1.50. The molecule has 0 fully saturated rings. The van der Waals surface area contributed by atoms with Gasteiger partial charge in [0.15, 0.2) is 0 Å². The molecule has 0 aromatic carbocycles. The van der Waals surface area contributed by atoms with E-state index in [0.717, 1.165) is 18.9 Å². The summed E-state index contributed by atoms with van der Waals surface area (Å²) in [6, 6.07) is 0. The van der Waals surface area contributed by atoms with Crippen LogP contribution in [0, 0.1) is 0 Å². The molecule has 17 heavy (non-hydrogen) atoms. The Balaban J connectivity index is 2.46. The molecule has 1 aromatic rings. The maximum Gasteiger partial charge on any atom is 0.307 e. The number of hydrogen-bond donors (Lipinski definition) is 0. The Morgan fingerprint density at radius 2 is 2.24 bits per heavy atom. The first kappa shape index (κ1) is 14.0. The predicted molar refractivity (Wildman–Crippen MR) is 59.1 cm³/mol. The molecule has 0 aliphatic rings. The maximum atomic E-state index is 11.7. The van der Waals surface area contributed by atoms with Crippen LogP contribution in [0.4, 0.5) is 8.78 Å². The van der Waals surface area contributed by atoms with Gasteiger partial charge in [-0.25, -0.2) is 4.21 Å². The standard InChI is InChI=1S/C10H14F2N2O2S/c1-2-3-6-9-13-14-10(16-9)17(15)7-4-5-8(11)12/h5H,2-4,6-7H2,1H3. The van der Waals surface area contributed by atoms with Crippen molar-refractivity contribution in [3.63, 3.8) is 0 Å². The van der Waals surface area contributed by atoms with Crippen LogP contribution in [0.2, 0.25) is 0 Å². The zero-order chi connectivity index (χ0) is 12.7. The van der Waals surface area contributed by atoms with Crippen LogP contribution >= 0.6 is 0 Å². The number of rotatable bonds is 7. The lowest BCUT2D eigenvalue weighted by Gasteiger charge is -1.93. The van der Waals surface area contributed by atoms with Crippen molar-refractivity contribution in [2.45, 2.75) is 37.8 Å². The van der Waals surface area contributed by atoms with Gasteiger partial charge in [0.1, 0.15) is 10.8 Å². The van der Waals surface area contributed by atoms with Crippen molar-refractivity contribution in [3.05, 3.63) is 18.0 Å². The van der Waals surface area contributed by atoms with Gasteiger partial charge in [0.25, 0.3) is 6.08 Å². The quantitative estimate of drug-likeness (QED) is 0.759. The lowest BCUT2D eigenvalue weighted by atomic mass is 10.2. The van der Waals surface area contributed by atoms with E-state index in [1.165, 1.54) is 0 Å². The van der Waals surface area contributed by atoms with E-state index in [2.05, 4.69) is 10.2 Å². The third kappa shape index (κ3) is 5.16. The molecule has 0 spiro atoms. The van der Waals surface area contributed by atoms with Crippen LogP contribution in [0.25, 0.3) is 0 Å². The van der Waals surface area contributed by atoms with E-state index in [9.17, 15) is 13.0 Å². The topological polar surface area (TPSA) is 56.0 Å². The average molecular weight is 264 g/mol. The first-order chi connectivity index (χ1) is 8.13. The van der Waals surface area contributed by atoms with Crippen LogP contribution in [-0.4, -0.2) is 20.2 Å². The zero-order valence-corrected chi connectivity index (χ0v) is 10.3. The monoisotopic (exact) mass is 264 g/mol. The number of aromatic nitrogens is 2. The van der Waals surface area contributed by atoms with Crippen LogP contribution in [0.3, 0.4) is 0 Å². The summed E-state index contributed by atoms with van der Waals surface area (Å²) in [5, 5.41) is 7.40. The van der Waals surface area contributed by atoms with Crippen molar-refractivity contribution in [3.8, 4) is 0 Å². The van der Waals surface area contributed by atoms with Gasteiger partial charge in [0, 0.05) is 12.2 Å². The van der Waals surface area contributed by atoms with Gasteiger partial charge < -0.3 is 4.42 Å². The second-order valence-corrected chi connectivity index (χ2v) is 4.85. The summed E-state index contributed by atoms with van der Waals surface area (Å²) >= 11 is 0. The molecule has 0 radical (unpaired) electrons. The van der Waals surface area contributed by atoms with Gasteiger partial charge in [-0.3, -0.25) is 0 Å². The highest BCUT2D eigenvalue weighted by molar-refractivity contribution is 7.84. The summed E-state index contributed by atoms with van der Waals surface area (Å²) < 4.78 is 40.2. The second-order valence-electron chi connectivity index (χ2n) is 3.40. The van der Waals surface area contributed by atoms with Crippen molar-refractivity contribution in [1.29, 1.82) is 0 Å². The fraction of sp³-hybridized carbons (Fsp3) is 0.600. The Hall–Kier alpha value is -1.11. The summed E-state index contributed by atoms with van der Waals surface area (Å²) in [5.41, 5.74) is 0. The molecular formula is C10H14F2N2O2S. The molecule has 1 heterocycles. The van der Waals surface area contributed by atoms with E-state index in [1.807, 2.05) is 6.92 Å². The third-order valence-corrected chi connectivity index (χ3v) is 3.15. The van der Waals surface area contributed by atoms with Crippen molar-refractivity contribution in [1.82, 2.24) is 10.2 Å². The lowest BCUT2D eigenvalue weighted by Crippen LogP contribution is -1.97. The number of allylic oxidation sites excluding steroid dienone is 1. The van der Waals surface area contributed by atoms with E-state index < -0.39 is 16.9 Å². The van der Waals surface area contributed by atoms with E-state index in [0.29, 0.717) is 12.3 Å². The van der Waals surface area contributed by atoms with Crippen LogP contribution in [-0.2, 0) is 17.2 Å². The molecule has 1 unspecified atom stereocenters. The molecule has 1 rings (SSSR count). The van der Waals surface area contributed by atoms with Gasteiger partial charge in [0.05, 0.1) is 0 Å². The van der Waals surface area contributed by atoms with Crippen LogP contribution in [0.5, 0.6) is 0 Å². The Labute approximate surface area is 101 Å². The average Bonchev–Trinajstić information content (AvgIpc) is 2.74. The van der Waals surface area contributed by atoms with Gasteiger partial charge in [-0.2, -0.15) is 8.78 Å². The third-order valence-electron chi connectivity index (χ3n) is 1.99. The molecule has 0 saturated heterocycles. The fourth-order valence-corrected chi connectivity index (χ4v) is 1.95. The number of halogens is 2. The van der Waals surface area contributed by atoms with Crippen molar-refractivity contribution in [2.24, 2.45) is 0 Å². The zero-order valence-electron chi connectivity index (χ0n) is 9.49. The van der Waals surface area contributed by atoms with Gasteiger partial charge in [-0.15, -0.1) is 5.10 Å². The molecule has 0 saturated carbocycles. The van der Waals surface area contributed by atoms with Gasteiger partial charge in [0.2, 0.25) is 5.89 Å². The molecule has 0 aliphatic heterocycles. The van der Waals surface area contributed by atoms with Crippen LogP contribution < -0.4 is 0 Å². The van der Waals surface area contributed by atoms with Crippen molar-refractivity contribution >= 4 is 10.8 Å². The largest absolute Gasteiger partial charge is 0.414 e. The summed E-state index contributed by atoms with van der Waals surface area (Å²) in [6.07, 6.45) is 1.56. The van der Waals surface area contributed by atoms with Crippen LogP contribution in [0.1, 0.15) is 32.1 Å². The van der Waals surface area contributed by atoms with E-state index in [-0.39, 0.29) is 17.4 Å². The number of unbranched alkanes of at least 4 members (excludes halogenated alkanes) is 1. The Bertz CT molecular complexity index is 403. The molecule has 0 aliphatic carbocycles. The predicted octanol–water partition coefficient (Wildman–Crippen LogP) is 2.69. The maximum absolute atomic E-state index is 11.7. The van der Waals surface area contributed by atoms with Crippen molar-refractivity contribution < 1.29 is 17.4 Å². The minimum Gasteiger partial charge on any atom is -0.414 e. The Morgan fingerprint density at radius 1 is 1.47 bits per heavy atom. The van der Waals surface area contributed by atoms with E-state index in [4.69, 9.17) is 4.42 Å². The van der Waals surface area contributed by atoms with Gasteiger partial charge in [-0.05, 0) is 18.9 Å². The molecule has 96 valence electrons. The SMILES string of the molecule is CCCCc1nnc(S(=O)CCC=C(F)F)o1. The van der Waals surface area contributed by atoms with Gasteiger partial charge in [-0.1, -0.05) is 18.4 Å². The van der Waals surface area contributed by atoms with Crippen LogP contribution in [0.15, 0.2) is 21.8 Å². The second kappa shape index (κ2) is 7.26. The molecule has 1 aromatic heterocycles. The molecular weight excluding hydrogens is 250 g/mol. The molecule has 7 heteroatoms. The molecule has 0 bridgehead atoms. The summed E-state index contributed by atoms with van der Waals surface area (Å²) in [4.78, 5) is 0. The fourth-order valence-electron chi connectivity index (χ4n) is 1.12. The highest BCUT2D eigenvalue weighted by atomic mass is 32.2. The van der Waals surface area contributed by atoms with Gasteiger partial charge >= 0.3 is 5.22 Å².